The van der Waals surface area contributed by atoms with E-state index in [0.29, 0.717) is 15.9 Å². The second-order valence-electron chi connectivity index (χ2n) is 3.79. The summed E-state index contributed by atoms with van der Waals surface area (Å²) in [6.45, 7) is 0. The Bertz CT molecular complexity index is 581. The molecule has 5 heteroatoms. The Morgan fingerprint density at radius 1 is 1.39 bits per heavy atom. The lowest BCUT2D eigenvalue weighted by molar-refractivity contribution is 0.0988. The highest BCUT2D eigenvalue weighted by atomic mass is 79.9. The van der Waals surface area contributed by atoms with Crippen LogP contribution in [0.4, 0.5) is 10.2 Å². The highest BCUT2D eigenvalue weighted by Crippen LogP contribution is 2.21. The standard InChI is InChI=1S/C13H10BrFN2O/c14-9-2-1-3-10(15)13(9)11(18)6-8-4-5-17-12(16)7-8/h1-5,7H,6H2,(H2,16,17). The smallest absolute Gasteiger partial charge is 0.171 e. The van der Waals surface area contributed by atoms with Crippen molar-refractivity contribution in [2.24, 2.45) is 0 Å². The van der Waals surface area contributed by atoms with Crippen LogP contribution in [-0.2, 0) is 6.42 Å². The summed E-state index contributed by atoms with van der Waals surface area (Å²) in [4.78, 5) is 15.9. The molecule has 1 heterocycles. The summed E-state index contributed by atoms with van der Waals surface area (Å²) in [5.74, 6) is -0.491. The Morgan fingerprint density at radius 2 is 2.17 bits per heavy atom. The summed E-state index contributed by atoms with van der Waals surface area (Å²) >= 11 is 3.18. The Labute approximate surface area is 112 Å². The molecule has 0 bridgehead atoms. The molecule has 3 nitrogen and oxygen atoms in total. The first-order chi connectivity index (χ1) is 8.58. The highest BCUT2D eigenvalue weighted by Gasteiger charge is 2.15. The van der Waals surface area contributed by atoms with E-state index < -0.39 is 5.82 Å². The molecule has 0 fully saturated rings. The zero-order chi connectivity index (χ0) is 13.1. The van der Waals surface area contributed by atoms with E-state index in [9.17, 15) is 9.18 Å². The van der Waals surface area contributed by atoms with Crippen molar-refractivity contribution in [3.05, 3.63) is 57.9 Å². The van der Waals surface area contributed by atoms with Gasteiger partial charge >= 0.3 is 0 Å². The summed E-state index contributed by atoms with van der Waals surface area (Å²) in [5.41, 5.74) is 6.30. The summed E-state index contributed by atoms with van der Waals surface area (Å²) in [6, 6.07) is 7.73. The number of Topliss-reactive ketones (excluding diaryl/α,β-unsaturated/α-hetero) is 1. The topological polar surface area (TPSA) is 56.0 Å². The molecule has 0 amide bonds. The van der Waals surface area contributed by atoms with Gasteiger partial charge in [0.25, 0.3) is 0 Å². The first-order valence-corrected chi connectivity index (χ1v) is 6.05. The van der Waals surface area contributed by atoms with Crippen molar-refractivity contribution in [3.63, 3.8) is 0 Å². The van der Waals surface area contributed by atoms with E-state index >= 15 is 0 Å². The SMILES string of the molecule is Nc1cc(CC(=O)c2c(F)cccc2Br)ccn1. The number of rotatable bonds is 3. The molecule has 2 aromatic rings. The van der Waals surface area contributed by atoms with Gasteiger partial charge in [0.2, 0.25) is 0 Å². The second kappa shape index (κ2) is 5.27. The van der Waals surface area contributed by atoms with Crippen molar-refractivity contribution in [1.82, 2.24) is 4.98 Å². The van der Waals surface area contributed by atoms with E-state index in [0.717, 1.165) is 0 Å². The van der Waals surface area contributed by atoms with E-state index in [4.69, 9.17) is 5.73 Å². The maximum atomic E-state index is 13.6. The van der Waals surface area contributed by atoms with Crippen LogP contribution in [0, 0.1) is 5.82 Å². The van der Waals surface area contributed by atoms with Gasteiger partial charge in [-0.3, -0.25) is 4.79 Å². The fourth-order valence-corrected chi connectivity index (χ4v) is 2.21. The van der Waals surface area contributed by atoms with Gasteiger partial charge in [0.15, 0.2) is 5.78 Å². The Balaban J connectivity index is 2.28. The first-order valence-electron chi connectivity index (χ1n) is 5.25. The predicted octanol–water partition coefficient (Wildman–Crippen LogP) is 2.99. The molecule has 0 saturated carbocycles. The molecule has 1 aromatic carbocycles. The lowest BCUT2D eigenvalue weighted by Gasteiger charge is -2.05. The van der Waals surface area contributed by atoms with Crippen LogP contribution in [0.25, 0.3) is 0 Å². The molecule has 0 aliphatic rings. The maximum absolute atomic E-state index is 13.6. The summed E-state index contributed by atoms with van der Waals surface area (Å²) in [7, 11) is 0. The third-order valence-corrected chi connectivity index (χ3v) is 3.11. The molecule has 18 heavy (non-hydrogen) atoms. The van der Waals surface area contributed by atoms with E-state index in [-0.39, 0.29) is 17.8 Å². The minimum atomic E-state index is -0.531. The van der Waals surface area contributed by atoms with Crippen molar-refractivity contribution in [2.45, 2.75) is 6.42 Å². The first kappa shape index (κ1) is 12.7. The molecule has 0 atom stereocenters. The average Bonchev–Trinajstić information content (AvgIpc) is 2.28. The van der Waals surface area contributed by atoms with Crippen LogP contribution < -0.4 is 5.73 Å². The number of aromatic nitrogens is 1. The number of hydrogen-bond acceptors (Lipinski definition) is 3. The lowest BCUT2D eigenvalue weighted by Crippen LogP contribution is -2.07. The van der Waals surface area contributed by atoms with Gasteiger partial charge in [0, 0.05) is 17.1 Å². The van der Waals surface area contributed by atoms with Gasteiger partial charge in [0.05, 0.1) is 5.56 Å². The number of hydrogen-bond donors (Lipinski definition) is 1. The van der Waals surface area contributed by atoms with Crippen LogP contribution in [0.15, 0.2) is 41.0 Å². The molecule has 0 unspecified atom stereocenters. The number of nitrogens with two attached hydrogens (primary N) is 1. The Morgan fingerprint density at radius 3 is 2.83 bits per heavy atom. The fraction of sp³-hybridized carbons (Fsp3) is 0.0769. The molecular weight excluding hydrogens is 299 g/mol. The van der Waals surface area contributed by atoms with Gasteiger partial charge in [-0.2, -0.15) is 0 Å². The molecule has 0 saturated heterocycles. The van der Waals surface area contributed by atoms with E-state index in [2.05, 4.69) is 20.9 Å². The number of nitrogen functional groups attached to an aromatic ring is 1. The summed E-state index contributed by atoms with van der Waals surface area (Å²) in [6.07, 6.45) is 1.61. The van der Waals surface area contributed by atoms with Gasteiger partial charge in [-0.1, -0.05) is 6.07 Å². The number of anilines is 1. The molecular formula is C13H10BrFN2O. The number of pyridine rings is 1. The number of ketones is 1. The van der Waals surface area contributed by atoms with Crippen molar-refractivity contribution < 1.29 is 9.18 Å². The summed E-state index contributed by atoms with van der Waals surface area (Å²) in [5, 5.41) is 0. The van der Waals surface area contributed by atoms with Crippen LogP contribution in [0.3, 0.4) is 0 Å². The number of benzene rings is 1. The maximum Gasteiger partial charge on any atom is 0.171 e. The van der Waals surface area contributed by atoms with Crippen molar-refractivity contribution in [2.75, 3.05) is 5.73 Å². The van der Waals surface area contributed by atoms with E-state index in [1.165, 1.54) is 12.3 Å². The lowest BCUT2D eigenvalue weighted by atomic mass is 10.0. The normalized spacial score (nSPS) is 10.3. The molecule has 2 rings (SSSR count). The van der Waals surface area contributed by atoms with Gasteiger partial charge in [-0.25, -0.2) is 9.37 Å². The highest BCUT2D eigenvalue weighted by molar-refractivity contribution is 9.10. The minimum absolute atomic E-state index is 0.0629. The van der Waals surface area contributed by atoms with Gasteiger partial charge < -0.3 is 5.73 Å². The quantitative estimate of drug-likeness (QED) is 0.887. The Hall–Kier alpha value is -1.75. The minimum Gasteiger partial charge on any atom is -0.384 e. The molecule has 92 valence electrons. The van der Waals surface area contributed by atoms with Gasteiger partial charge in [-0.15, -0.1) is 0 Å². The number of nitrogens with zero attached hydrogens (tertiary/aromatic N) is 1. The summed E-state index contributed by atoms with van der Waals surface area (Å²) < 4.78 is 14.0. The zero-order valence-electron chi connectivity index (χ0n) is 9.36. The molecule has 0 spiro atoms. The number of carbonyl (C=O) groups excluding carboxylic acids is 1. The molecule has 0 aliphatic heterocycles. The van der Waals surface area contributed by atoms with Gasteiger partial charge in [-0.05, 0) is 45.8 Å². The zero-order valence-corrected chi connectivity index (χ0v) is 10.9. The molecule has 2 N–H and O–H groups in total. The van der Waals surface area contributed by atoms with Crippen LogP contribution in [0.2, 0.25) is 0 Å². The van der Waals surface area contributed by atoms with E-state index in [1.807, 2.05) is 0 Å². The molecule has 0 radical (unpaired) electrons. The van der Waals surface area contributed by atoms with E-state index in [1.54, 1.807) is 24.3 Å². The largest absolute Gasteiger partial charge is 0.384 e. The van der Waals surface area contributed by atoms with Crippen molar-refractivity contribution in [1.29, 1.82) is 0 Å². The number of halogens is 2. The van der Waals surface area contributed by atoms with Crippen LogP contribution >= 0.6 is 15.9 Å². The van der Waals surface area contributed by atoms with Crippen LogP contribution in [-0.4, -0.2) is 10.8 Å². The molecule has 1 aromatic heterocycles. The second-order valence-corrected chi connectivity index (χ2v) is 4.64. The number of carbonyl (C=O) groups is 1. The van der Waals surface area contributed by atoms with Crippen molar-refractivity contribution >= 4 is 27.5 Å². The fourth-order valence-electron chi connectivity index (χ4n) is 1.64. The third-order valence-electron chi connectivity index (χ3n) is 2.45. The van der Waals surface area contributed by atoms with Crippen LogP contribution in [0.1, 0.15) is 15.9 Å². The molecule has 0 aliphatic carbocycles. The monoisotopic (exact) mass is 308 g/mol. The van der Waals surface area contributed by atoms with Crippen LogP contribution in [0.5, 0.6) is 0 Å². The predicted molar refractivity (Wildman–Crippen MR) is 70.8 cm³/mol. The van der Waals surface area contributed by atoms with Gasteiger partial charge in [0.1, 0.15) is 11.6 Å². The average molecular weight is 309 g/mol. The Kier molecular flexibility index (Phi) is 3.72. The van der Waals surface area contributed by atoms with Crippen molar-refractivity contribution in [3.8, 4) is 0 Å². The third kappa shape index (κ3) is 2.73.